The van der Waals surface area contributed by atoms with Crippen LogP contribution in [-0.4, -0.2) is 25.7 Å². The van der Waals surface area contributed by atoms with Crippen LogP contribution in [-0.2, 0) is 4.74 Å². The summed E-state index contributed by atoms with van der Waals surface area (Å²) in [5.41, 5.74) is -0.0703. The van der Waals surface area contributed by atoms with Crippen molar-refractivity contribution in [2.75, 3.05) is 17.7 Å². The molecule has 10 heteroatoms. The monoisotopic (exact) mass is 360 g/mol. The van der Waals surface area contributed by atoms with E-state index in [9.17, 15) is 22.8 Å². The van der Waals surface area contributed by atoms with Gasteiger partial charge in [0.25, 0.3) is 5.91 Å². The molecule has 0 aliphatic rings. The van der Waals surface area contributed by atoms with Crippen LogP contribution in [0.2, 0.25) is 0 Å². The van der Waals surface area contributed by atoms with Gasteiger partial charge in [-0.2, -0.15) is 8.78 Å². The molecule has 2 rings (SSSR count). The predicted octanol–water partition coefficient (Wildman–Crippen LogP) is 3.92. The van der Waals surface area contributed by atoms with E-state index in [2.05, 4.69) is 20.1 Å². The minimum atomic E-state index is -3.06. The number of nitrogens with one attached hydrogen (secondary N) is 2. The van der Waals surface area contributed by atoms with Gasteiger partial charge in [-0.05, 0) is 29.6 Å². The van der Waals surface area contributed by atoms with Gasteiger partial charge in [0.2, 0.25) is 0 Å². The Bertz CT molecular complexity index is 751. The van der Waals surface area contributed by atoms with Gasteiger partial charge >= 0.3 is 12.7 Å². The van der Waals surface area contributed by atoms with Crippen molar-refractivity contribution in [3.05, 3.63) is 40.3 Å². The van der Waals surface area contributed by atoms with Gasteiger partial charge in [-0.15, -0.1) is 11.3 Å². The molecule has 0 atom stereocenters. The predicted molar refractivity (Wildman–Crippen MR) is 81.3 cm³/mol. The average Bonchev–Trinajstić information content (AvgIpc) is 2.97. The number of halogens is 3. The van der Waals surface area contributed by atoms with Gasteiger partial charge in [0.05, 0.1) is 12.8 Å². The van der Waals surface area contributed by atoms with E-state index in [1.807, 2.05) is 0 Å². The molecule has 0 aliphatic carbocycles. The van der Waals surface area contributed by atoms with Crippen LogP contribution in [0.4, 0.5) is 29.3 Å². The molecule has 0 fully saturated rings. The lowest BCUT2D eigenvalue weighted by molar-refractivity contribution is -0.0498. The van der Waals surface area contributed by atoms with Crippen LogP contribution in [0.5, 0.6) is 5.75 Å². The first-order valence-electron chi connectivity index (χ1n) is 6.39. The molecule has 0 saturated carbocycles. The molecule has 2 amide bonds. The number of amides is 2. The highest BCUT2D eigenvalue weighted by Gasteiger charge is 2.18. The quantitative estimate of drug-likeness (QED) is 0.847. The minimum absolute atomic E-state index is 0.0675. The molecular weight excluding hydrogens is 349 g/mol. The molecular formula is C14H11F3N2O4S. The lowest BCUT2D eigenvalue weighted by atomic mass is 10.2. The Morgan fingerprint density at radius 3 is 2.62 bits per heavy atom. The Balaban J connectivity index is 2.16. The molecule has 0 radical (unpaired) electrons. The lowest BCUT2D eigenvalue weighted by Crippen LogP contribution is -2.15. The van der Waals surface area contributed by atoms with Crippen LogP contribution < -0.4 is 15.4 Å². The summed E-state index contributed by atoms with van der Waals surface area (Å²) < 4.78 is 46.7. The first kappa shape index (κ1) is 17.6. The van der Waals surface area contributed by atoms with Crippen LogP contribution >= 0.6 is 11.3 Å². The number of methoxy groups -OCH3 is 1. The summed E-state index contributed by atoms with van der Waals surface area (Å²) >= 11 is 0.906. The number of anilines is 2. The smallest absolute Gasteiger partial charge is 0.411 e. The van der Waals surface area contributed by atoms with E-state index >= 15 is 0 Å². The molecule has 0 aliphatic heterocycles. The van der Waals surface area contributed by atoms with Gasteiger partial charge < -0.3 is 14.8 Å². The third kappa shape index (κ3) is 4.38. The molecule has 24 heavy (non-hydrogen) atoms. The fraction of sp³-hybridized carbons (Fsp3) is 0.143. The summed E-state index contributed by atoms with van der Waals surface area (Å²) in [5, 5.41) is 5.96. The average molecular weight is 360 g/mol. The van der Waals surface area contributed by atoms with Crippen LogP contribution in [0.1, 0.15) is 9.67 Å². The van der Waals surface area contributed by atoms with Gasteiger partial charge in [0.1, 0.15) is 16.4 Å². The summed E-state index contributed by atoms with van der Waals surface area (Å²) in [4.78, 5) is 23.2. The highest BCUT2D eigenvalue weighted by atomic mass is 32.1. The minimum Gasteiger partial charge on any atom is -0.453 e. The maximum atomic E-state index is 13.6. The van der Waals surface area contributed by atoms with Gasteiger partial charge in [0, 0.05) is 5.69 Å². The van der Waals surface area contributed by atoms with Gasteiger partial charge in [-0.3, -0.25) is 10.1 Å². The van der Waals surface area contributed by atoms with Crippen molar-refractivity contribution in [2.24, 2.45) is 0 Å². The van der Waals surface area contributed by atoms with E-state index in [-0.39, 0.29) is 22.0 Å². The van der Waals surface area contributed by atoms with Crippen LogP contribution in [0.3, 0.4) is 0 Å². The van der Waals surface area contributed by atoms with E-state index < -0.39 is 24.4 Å². The van der Waals surface area contributed by atoms with Crippen LogP contribution in [0, 0.1) is 5.82 Å². The zero-order chi connectivity index (χ0) is 17.7. The van der Waals surface area contributed by atoms with Crippen molar-refractivity contribution in [2.45, 2.75) is 6.61 Å². The van der Waals surface area contributed by atoms with Gasteiger partial charge in [-0.1, -0.05) is 0 Å². The fourth-order valence-electron chi connectivity index (χ4n) is 1.70. The topological polar surface area (TPSA) is 76.7 Å². The summed E-state index contributed by atoms with van der Waals surface area (Å²) in [6, 6.07) is 4.66. The molecule has 2 N–H and O–H groups in total. The van der Waals surface area contributed by atoms with Gasteiger partial charge in [-0.25, -0.2) is 9.18 Å². The normalized spacial score (nSPS) is 10.4. The van der Waals surface area contributed by atoms with Crippen molar-refractivity contribution in [1.29, 1.82) is 0 Å². The Morgan fingerprint density at radius 1 is 1.21 bits per heavy atom. The fourth-order valence-corrected chi connectivity index (χ4v) is 2.42. The molecule has 6 nitrogen and oxygen atoms in total. The molecule has 1 aromatic carbocycles. The number of hydrogen-bond acceptors (Lipinski definition) is 5. The number of rotatable bonds is 5. The van der Waals surface area contributed by atoms with Gasteiger partial charge in [0.15, 0.2) is 0 Å². The third-order valence-corrected chi connectivity index (χ3v) is 3.59. The molecule has 0 saturated heterocycles. The number of carbonyl (C=O) groups excluding carboxylic acids is 2. The number of carbonyl (C=O) groups is 2. The maximum absolute atomic E-state index is 13.6. The molecule has 1 heterocycles. The third-order valence-electron chi connectivity index (χ3n) is 2.70. The highest BCUT2D eigenvalue weighted by molar-refractivity contribution is 7.12. The molecule has 2 aromatic rings. The largest absolute Gasteiger partial charge is 0.453 e. The SMILES string of the molecule is COC(=O)Nc1cc(NC(=O)c2sccc2OC(F)F)ccc1F. The van der Waals surface area contributed by atoms with Crippen molar-refractivity contribution >= 4 is 34.7 Å². The Kier molecular flexibility index (Phi) is 5.64. The van der Waals surface area contributed by atoms with Crippen LogP contribution in [0.15, 0.2) is 29.6 Å². The lowest BCUT2D eigenvalue weighted by Gasteiger charge is -2.10. The second-order valence-electron chi connectivity index (χ2n) is 4.26. The summed E-state index contributed by atoms with van der Waals surface area (Å²) in [6.45, 7) is -3.06. The van der Waals surface area contributed by atoms with E-state index in [4.69, 9.17) is 0 Å². The number of ether oxygens (including phenoxy) is 2. The second kappa shape index (κ2) is 7.68. The highest BCUT2D eigenvalue weighted by Crippen LogP contribution is 2.28. The first-order valence-corrected chi connectivity index (χ1v) is 7.27. The number of benzene rings is 1. The second-order valence-corrected chi connectivity index (χ2v) is 5.17. The summed E-state index contributed by atoms with van der Waals surface area (Å²) in [5.74, 6) is -1.71. The summed E-state index contributed by atoms with van der Waals surface area (Å²) in [6.07, 6.45) is -0.886. The first-order chi connectivity index (χ1) is 11.4. The molecule has 1 aromatic heterocycles. The zero-order valence-electron chi connectivity index (χ0n) is 12.1. The van der Waals surface area contributed by atoms with Crippen molar-refractivity contribution in [3.63, 3.8) is 0 Å². The number of hydrogen-bond donors (Lipinski definition) is 2. The number of alkyl halides is 2. The molecule has 0 bridgehead atoms. The molecule has 128 valence electrons. The van der Waals surface area contributed by atoms with Crippen LogP contribution in [0.25, 0.3) is 0 Å². The summed E-state index contributed by atoms with van der Waals surface area (Å²) in [7, 11) is 1.11. The number of thiophene rings is 1. The Hall–Kier alpha value is -2.75. The molecule has 0 spiro atoms. The standard InChI is InChI=1S/C14H11F3N2O4S/c1-22-14(21)19-9-6-7(2-3-8(9)15)18-12(20)11-10(4-5-24-11)23-13(16)17/h2-6,13H,1H3,(H,18,20)(H,19,21). The zero-order valence-corrected chi connectivity index (χ0v) is 13.0. The molecule has 0 unspecified atom stereocenters. The Morgan fingerprint density at radius 2 is 1.96 bits per heavy atom. The maximum Gasteiger partial charge on any atom is 0.411 e. The van der Waals surface area contributed by atoms with Crippen molar-refractivity contribution in [1.82, 2.24) is 0 Å². The van der Waals surface area contributed by atoms with E-state index in [1.54, 1.807) is 0 Å². The van der Waals surface area contributed by atoms with Crippen molar-refractivity contribution < 1.29 is 32.2 Å². The van der Waals surface area contributed by atoms with E-state index in [0.717, 1.165) is 30.6 Å². The van der Waals surface area contributed by atoms with E-state index in [1.165, 1.54) is 17.5 Å². The Labute approximate surface area is 138 Å². The van der Waals surface area contributed by atoms with E-state index in [0.29, 0.717) is 0 Å². The van der Waals surface area contributed by atoms with Crippen molar-refractivity contribution in [3.8, 4) is 5.75 Å².